The molecule has 0 saturated heterocycles. The first-order valence-electron chi connectivity index (χ1n) is 10.5. The van der Waals surface area contributed by atoms with E-state index in [-0.39, 0.29) is 36.4 Å². The van der Waals surface area contributed by atoms with Crippen molar-refractivity contribution in [3.05, 3.63) is 88.0 Å². The quantitative estimate of drug-likeness (QED) is 0.471. The van der Waals surface area contributed by atoms with E-state index in [1.54, 1.807) is 30.3 Å². The number of amides is 1. The molecule has 0 fully saturated rings. The largest absolute Gasteiger partial charge is 0.497 e. The Morgan fingerprint density at radius 2 is 1.94 bits per heavy atom. The fourth-order valence-corrected chi connectivity index (χ4v) is 3.74. The van der Waals surface area contributed by atoms with Gasteiger partial charge in [-0.3, -0.25) is 19.6 Å². The van der Waals surface area contributed by atoms with Crippen molar-refractivity contribution in [3.63, 3.8) is 0 Å². The van der Waals surface area contributed by atoms with Crippen LogP contribution in [0.15, 0.2) is 59.7 Å². The molecule has 182 valence electrons. The lowest BCUT2D eigenvalue weighted by molar-refractivity contribution is 0.0992. The zero-order valence-electron chi connectivity index (χ0n) is 18.6. The highest BCUT2D eigenvalue weighted by Crippen LogP contribution is 2.25. The van der Waals surface area contributed by atoms with E-state index < -0.39 is 11.7 Å². The first-order valence-corrected chi connectivity index (χ1v) is 10.9. The van der Waals surface area contributed by atoms with Gasteiger partial charge in [0, 0.05) is 36.6 Å². The van der Waals surface area contributed by atoms with E-state index in [9.17, 15) is 14.0 Å². The summed E-state index contributed by atoms with van der Waals surface area (Å²) in [6, 6.07) is 12.4. The molecule has 2 aromatic carbocycles. The van der Waals surface area contributed by atoms with E-state index >= 15 is 0 Å². The van der Waals surface area contributed by atoms with Gasteiger partial charge in [0.25, 0.3) is 5.91 Å². The SMILES string of the molecule is C.COc1ccc(NC(=O)c2ccc(C3=NCCN3C)cc2F)c(C(=O)Cc2ccc(Cl)cn2)c1. The molecule has 2 heterocycles. The third-order valence-corrected chi connectivity index (χ3v) is 5.66. The highest BCUT2D eigenvalue weighted by Gasteiger charge is 2.21. The number of ketones is 1. The smallest absolute Gasteiger partial charge is 0.258 e. The molecule has 3 aromatic rings. The summed E-state index contributed by atoms with van der Waals surface area (Å²) in [5.41, 5.74) is 1.45. The van der Waals surface area contributed by atoms with Crippen LogP contribution in [0.2, 0.25) is 5.02 Å². The van der Waals surface area contributed by atoms with Gasteiger partial charge in [-0.05, 0) is 42.5 Å². The van der Waals surface area contributed by atoms with Gasteiger partial charge in [0.2, 0.25) is 0 Å². The van der Waals surface area contributed by atoms with Gasteiger partial charge in [-0.15, -0.1) is 0 Å². The number of ether oxygens (including phenoxy) is 1. The number of benzene rings is 2. The normalized spacial score (nSPS) is 12.6. The van der Waals surface area contributed by atoms with Crippen LogP contribution in [0.1, 0.15) is 39.4 Å². The van der Waals surface area contributed by atoms with Crippen LogP contribution in [0.4, 0.5) is 10.1 Å². The summed E-state index contributed by atoms with van der Waals surface area (Å²) < 4.78 is 20.1. The Morgan fingerprint density at radius 3 is 2.57 bits per heavy atom. The molecule has 1 aliphatic rings. The zero-order valence-corrected chi connectivity index (χ0v) is 19.4. The number of nitrogens with zero attached hydrogens (tertiary/aromatic N) is 3. The number of rotatable bonds is 7. The van der Waals surface area contributed by atoms with Crippen molar-refractivity contribution in [2.75, 3.05) is 32.6 Å². The summed E-state index contributed by atoms with van der Waals surface area (Å²) in [6.07, 6.45) is 1.45. The van der Waals surface area contributed by atoms with Crippen LogP contribution in [0.5, 0.6) is 5.75 Å². The third-order valence-electron chi connectivity index (χ3n) is 5.44. The minimum Gasteiger partial charge on any atom is -0.497 e. The second-order valence-corrected chi connectivity index (χ2v) is 8.19. The van der Waals surface area contributed by atoms with E-state index in [1.165, 1.54) is 31.5 Å². The Morgan fingerprint density at radius 1 is 1.14 bits per heavy atom. The van der Waals surface area contributed by atoms with E-state index in [2.05, 4.69) is 15.3 Å². The second-order valence-electron chi connectivity index (χ2n) is 7.75. The van der Waals surface area contributed by atoms with Crippen LogP contribution >= 0.6 is 11.6 Å². The fourth-order valence-electron chi connectivity index (χ4n) is 3.63. The summed E-state index contributed by atoms with van der Waals surface area (Å²) in [7, 11) is 3.36. The molecule has 7 nitrogen and oxygen atoms in total. The molecular weight excluding hydrogens is 471 g/mol. The van der Waals surface area contributed by atoms with Crippen molar-refractivity contribution in [1.82, 2.24) is 9.88 Å². The Kier molecular flexibility index (Phi) is 8.19. The summed E-state index contributed by atoms with van der Waals surface area (Å²) in [6.45, 7) is 1.41. The molecule has 1 aromatic heterocycles. The molecule has 0 atom stereocenters. The molecule has 0 spiro atoms. The number of aromatic nitrogens is 1. The van der Waals surface area contributed by atoms with Crippen molar-refractivity contribution in [3.8, 4) is 5.75 Å². The fraction of sp³-hybridized carbons (Fsp3) is 0.231. The Bertz CT molecular complexity index is 1280. The van der Waals surface area contributed by atoms with Gasteiger partial charge in [-0.1, -0.05) is 25.1 Å². The van der Waals surface area contributed by atoms with Gasteiger partial charge in [-0.2, -0.15) is 0 Å². The number of aliphatic imine (C=N–C) groups is 1. The van der Waals surface area contributed by atoms with E-state index in [1.807, 2.05) is 11.9 Å². The van der Waals surface area contributed by atoms with Crippen molar-refractivity contribution in [2.45, 2.75) is 13.8 Å². The van der Waals surface area contributed by atoms with Crippen LogP contribution < -0.4 is 10.1 Å². The number of likely N-dealkylation sites (N-methyl/N-ethyl adjacent to an activating group) is 1. The number of methoxy groups -OCH3 is 1. The molecule has 0 radical (unpaired) electrons. The monoisotopic (exact) mass is 496 g/mol. The van der Waals surface area contributed by atoms with Gasteiger partial charge in [-0.25, -0.2) is 4.39 Å². The molecule has 0 saturated carbocycles. The number of anilines is 1. The third kappa shape index (κ3) is 5.84. The van der Waals surface area contributed by atoms with Crippen molar-refractivity contribution in [2.24, 2.45) is 4.99 Å². The van der Waals surface area contributed by atoms with E-state index in [0.717, 1.165) is 6.54 Å². The Balaban J connectivity index is 0.00000342. The van der Waals surface area contributed by atoms with Gasteiger partial charge < -0.3 is 15.0 Å². The molecule has 0 aliphatic carbocycles. The lowest BCUT2D eigenvalue weighted by atomic mass is 10.0. The first kappa shape index (κ1) is 25.8. The maximum absolute atomic E-state index is 14.8. The van der Waals surface area contributed by atoms with E-state index in [0.29, 0.717) is 34.4 Å². The van der Waals surface area contributed by atoms with Crippen LogP contribution in [-0.4, -0.2) is 54.7 Å². The number of hydrogen-bond acceptors (Lipinski definition) is 6. The summed E-state index contributed by atoms with van der Waals surface area (Å²) in [4.78, 5) is 36.4. The number of amidine groups is 1. The predicted molar refractivity (Wildman–Crippen MR) is 135 cm³/mol. The summed E-state index contributed by atoms with van der Waals surface area (Å²) >= 11 is 5.86. The van der Waals surface area contributed by atoms with Crippen molar-refractivity contribution >= 4 is 34.8 Å². The van der Waals surface area contributed by atoms with Crippen LogP contribution in [-0.2, 0) is 6.42 Å². The molecule has 1 amide bonds. The van der Waals surface area contributed by atoms with Gasteiger partial charge in [0.1, 0.15) is 17.4 Å². The molecule has 0 unspecified atom stereocenters. The highest BCUT2D eigenvalue weighted by molar-refractivity contribution is 6.30. The van der Waals surface area contributed by atoms with Crippen LogP contribution in [0.25, 0.3) is 0 Å². The molecule has 9 heteroatoms. The topological polar surface area (TPSA) is 83.9 Å². The van der Waals surface area contributed by atoms with Gasteiger partial charge in [0.15, 0.2) is 5.78 Å². The average molecular weight is 497 g/mol. The number of hydrogen-bond donors (Lipinski definition) is 1. The number of carbonyl (C=O) groups is 2. The maximum atomic E-state index is 14.8. The lowest BCUT2D eigenvalue weighted by Gasteiger charge is -2.15. The van der Waals surface area contributed by atoms with Gasteiger partial charge in [0.05, 0.1) is 36.3 Å². The predicted octanol–water partition coefficient (Wildman–Crippen LogP) is 4.89. The molecule has 1 aliphatic heterocycles. The second kappa shape index (κ2) is 11.1. The summed E-state index contributed by atoms with van der Waals surface area (Å²) in [5.74, 6) is -0.506. The van der Waals surface area contributed by atoms with Crippen LogP contribution in [0.3, 0.4) is 0 Å². The van der Waals surface area contributed by atoms with Crippen molar-refractivity contribution in [1.29, 1.82) is 0 Å². The Labute approximate surface area is 208 Å². The number of pyridine rings is 1. The molecule has 4 rings (SSSR count). The number of Topliss-reactive ketones (excluding diaryl/α,β-unsaturated/α-hetero) is 1. The molecule has 0 bridgehead atoms. The highest BCUT2D eigenvalue weighted by atomic mass is 35.5. The van der Waals surface area contributed by atoms with Gasteiger partial charge >= 0.3 is 0 Å². The minimum absolute atomic E-state index is 0. The Hall–Kier alpha value is -3.78. The molecule has 35 heavy (non-hydrogen) atoms. The van der Waals surface area contributed by atoms with Crippen molar-refractivity contribution < 1.29 is 18.7 Å². The van der Waals surface area contributed by atoms with E-state index in [4.69, 9.17) is 16.3 Å². The number of carbonyl (C=O) groups excluding carboxylic acids is 2. The molecular formula is C26H26ClFN4O3. The maximum Gasteiger partial charge on any atom is 0.258 e. The molecule has 1 N–H and O–H groups in total. The standard InChI is InChI=1S/C25H22ClFN4O3.CH4/c1-31-10-9-28-24(31)15-3-7-19(21(27)11-15)25(33)30-22-8-6-18(34-2)13-20(22)23(32)12-17-5-4-16(26)14-29-17;/h3-8,11,13-14H,9-10,12H2,1-2H3,(H,30,33);1H4. The average Bonchev–Trinajstić information content (AvgIpc) is 3.26. The lowest BCUT2D eigenvalue weighted by Crippen LogP contribution is -2.24. The zero-order chi connectivity index (χ0) is 24.2. The minimum atomic E-state index is -0.676. The first-order chi connectivity index (χ1) is 16.4. The van der Waals surface area contributed by atoms with Crippen LogP contribution in [0, 0.1) is 5.82 Å². The number of nitrogens with one attached hydrogen (secondary N) is 1. The summed E-state index contributed by atoms with van der Waals surface area (Å²) in [5, 5.41) is 3.12. The number of halogens is 2.